The second-order valence-electron chi connectivity index (χ2n) is 3.02. The van der Waals surface area contributed by atoms with Gasteiger partial charge in [0.2, 0.25) is 0 Å². The molecule has 3 N–H and O–H groups in total. The Labute approximate surface area is 87.1 Å². The molecule has 0 unspecified atom stereocenters. The predicted octanol–water partition coefficient (Wildman–Crippen LogP) is -0.998. The van der Waals surface area contributed by atoms with Crippen molar-refractivity contribution in [2.45, 2.75) is 6.42 Å². The van der Waals surface area contributed by atoms with Crippen molar-refractivity contribution in [2.24, 2.45) is 0 Å². The minimum Gasteiger partial charge on any atom is -0.496 e. The van der Waals surface area contributed by atoms with Gasteiger partial charge in [0.05, 0.1) is 13.5 Å². The zero-order valence-electron chi connectivity index (χ0n) is 8.17. The van der Waals surface area contributed by atoms with Gasteiger partial charge in [-0.25, -0.2) is 0 Å². The molecule has 0 saturated carbocycles. The number of carboxylic acids is 1. The zero-order valence-corrected chi connectivity index (χ0v) is 8.17. The molecule has 1 rings (SSSR count). The molecule has 0 aromatic heterocycles. The lowest BCUT2D eigenvalue weighted by Crippen LogP contribution is -2.30. The van der Waals surface area contributed by atoms with Crippen molar-refractivity contribution in [1.29, 1.82) is 0 Å². The topological polar surface area (TPSA) is 87.0 Å². The van der Waals surface area contributed by atoms with Crippen LogP contribution in [0.2, 0.25) is 0 Å². The van der Waals surface area contributed by atoms with Crippen LogP contribution < -0.4 is 10.2 Å². The number of rotatable bonds is 4. The van der Waals surface area contributed by atoms with E-state index in [1.54, 1.807) is 0 Å². The Kier molecular flexibility index (Phi) is 3.71. The summed E-state index contributed by atoms with van der Waals surface area (Å²) in [6.45, 7) is 0. The Morgan fingerprint density at radius 1 is 1.47 bits per heavy atom. The van der Waals surface area contributed by atoms with Gasteiger partial charge >= 0.3 is 13.1 Å². The SMILES string of the molecule is COc1ccc(B(O)O)cc1CC(=O)O. The molecule has 0 heterocycles. The lowest BCUT2D eigenvalue weighted by atomic mass is 9.79. The van der Waals surface area contributed by atoms with Crippen molar-refractivity contribution in [3.63, 3.8) is 0 Å². The summed E-state index contributed by atoms with van der Waals surface area (Å²) < 4.78 is 4.95. The number of benzene rings is 1. The third-order valence-corrected chi connectivity index (χ3v) is 1.94. The highest BCUT2D eigenvalue weighted by molar-refractivity contribution is 6.58. The number of carboxylic acid groups (broad SMARTS) is 1. The van der Waals surface area contributed by atoms with Crippen molar-refractivity contribution in [3.8, 4) is 5.75 Å². The molecule has 0 spiro atoms. The van der Waals surface area contributed by atoms with Gasteiger partial charge < -0.3 is 19.9 Å². The monoisotopic (exact) mass is 210 g/mol. The highest BCUT2D eigenvalue weighted by Crippen LogP contribution is 2.16. The number of aliphatic carboxylic acids is 1. The van der Waals surface area contributed by atoms with E-state index in [0.29, 0.717) is 11.3 Å². The second-order valence-corrected chi connectivity index (χ2v) is 3.02. The first kappa shape index (κ1) is 11.5. The van der Waals surface area contributed by atoms with Crippen LogP contribution in [0, 0.1) is 0 Å². The molecule has 0 radical (unpaired) electrons. The molecule has 0 saturated heterocycles. The van der Waals surface area contributed by atoms with E-state index in [0.717, 1.165) is 0 Å². The van der Waals surface area contributed by atoms with E-state index in [1.807, 2.05) is 0 Å². The first-order valence-corrected chi connectivity index (χ1v) is 4.29. The van der Waals surface area contributed by atoms with E-state index in [9.17, 15) is 4.79 Å². The van der Waals surface area contributed by atoms with Crippen LogP contribution in [0.25, 0.3) is 0 Å². The molecule has 0 aliphatic carbocycles. The van der Waals surface area contributed by atoms with Crippen molar-refractivity contribution >= 4 is 18.6 Å². The van der Waals surface area contributed by atoms with E-state index in [-0.39, 0.29) is 11.9 Å². The highest BCUT2D eigenvalue weighted by Gasteiger charge is 2.15. The summed E-state index contributed by atoms with van der Waals surface area (Å²) in [7, 11) is -0.182. The Morgan fingerprint density at radius 2 is 2.13 bits per heavy atom. The second kappa shape index (κ2) is 4.81. The van der Waals surface area contributed by atoms with Gasteiger partial charge in [-0.05, 0) is 11.5 Å². The maximum atomic E-state index is 10.5. The number of hydrogen-bond acceptors (Lipinski definition) is 4. The molecular formula is C9H11BO5. The van der Waals surface area contributed by atoms with Crippen molar-refractivity contribution in [3.05, 3.63) is 23.8 Å². The molecule has 0 aliphatic rings. The number of ether oxygens (including phenoxy) is 1. The number of methoxy groups -OCH3 is 1. The summed E-state index contributed by atoms with van der Waals surface area (Å²) in [5.41, 5.74) is 0.655. The van der Waals surface area contributed by atoms with E-state index in [1.165, 1.54) is 25.3 Å². The minimum absolute atomic E-state index is 0.219. The van der Waals surface area contributed by atoms with E-state index < -0.39 is 13.1 Å². The van der Waals surface area contributed by atoms with Gasteiger partial charge in [-0.3, -0.25) is 4.79 Å². The summed E-state index contributed by atoms with van der Waals surface area (Å²) in [6, 6.07) is 4.37. The largest absolute Gasteiger partial charge is 0.496 e. The fourth-order valence-corrected chi connectivity index (χ4v) is 1.26. The fraction of sp³-hybridized carbons (Fsp3) is 0.222. The normalized spacial score (nSPS) is 9.80. The quantitative estimate of drug-likeness (QED) is 0.555. The van der Waals surface area contributed by atoms with E-state index >= 15 is 0 Å². The first-order chi connectivity index (χ1) is 7.04. The fourth-order valence-electron chi connectivity index (χ4n) is 1.26. The predicted molar refractivity (Wildman–Crippen MR) is 54.2 cm³/mol. The Bertz CT molecular complexity index is 364. The average Bonchev–Trinajstić information content (AvgIpc) is 2.16. The van der Waals surface area contributed by atoms with Crippen molar-refractivity contribution in [2.75, 3.05) is 7.11 Å². The molecular weight excluding hydrogens is 199 g/mol. The summed E-state index contributed by atoms with van der Waals surface area (Å²) in [5, 5.41) is 26.5. The van der Waals surface area contributed by atoms with Crippen LogP contribution in [0.5, 0.6) is 5.75 Å². The van der Waals surface area contributed by atoms with Crippen LogP contribution in [0.15, 0.2) is 18.2 Å². The molecule has 1 aromatic rings. The maximum absolute atomic E-state index is 10.5. The van der Waals surface area contributed by atoms with Crippen molar-refractivity contribution in [1.82, 2.24) is 0 Å². The molecule has 0 bridgehead atoms. The third kappa shape index (κ3) is 2.97. The lowest BCUT2D eigenvalue weighted by Gasteiger charge is -2.08. The lowest BCUT2D eigenvalue weighted by molar-refractivity contribution is -0.136. The molecule has 1 aromatic carbocycles. The molecule has 6 heteroatoms. The Morgan fingerprint density at radius 3 is 2.60 bits per heavy atom. The van der Waals surface area contributed by atoms with Gasteiger partial charge in [0.15, 0.2) is 0 Å². The molecule has 15 heavy (non-hydrogen) atoms. The van der Waals surface area contributed by atoms with E-state index in [4.69, 9.17) is 19.9 Å². The Balaban J connectivity index is 3.07. The Hall–Kier alpha value is -1.53. The van der Waals surface area contributed by atoms with Crippen LogP contribution in [-0.2, 0) is 11.2 Å². The molecule has 5 nitrogen and oxygen atoms in total. The van der Waals surface area contributed by atoms with Crippen LogP contribution in [0.1, 0.15) is 5.56 Å². The molecule has 0 fully saturated rings. The summed E-state index contributed by atoms with van der Waals surface area (Å²) in [4.78, 5) is 10.5. The van der Waals surface area contributed by atoms with Gasteiger partial charge in [-0.15, -0.1) is 0 Å². The zero-order chi connectivity index (χ0) is 11.4. The average molecular weight is 210 g/mol. The smallest absolute Gasteiger partial charge is 0.488 e. The maximum Gasteiger partial charge on any atom is 0.488 e. The molecule has 0 atom stereocenters. The van der Waals surface area contributed by atoms with Gasteiger partial charge in [0.25, 0.3) is 0 Å². The van der Waals surface area contributed by atoms with E-state index in [2.05, 4.69) is 0 Å². The molecule has 80 valence electrons. The summed E-state index contributed by atoms with van der Waals surface area (Å²) >= 11 is 0. The van der Waals surface area contributed by atoms with Crippen LogP contribution in [0.4, 0.5) is 0 Å². The van der Waals surface area contributed by atoms with Gasteiger partial charge in [-0.2, -0.15) is 0 Å². The molecule has 0 amide bonds. The number of hydrogen-bond donors (Lipinski definition) is 3. The summed E-state index contributed by atoms with van der Waals surface area (Å²) in [5.74, 6) is -0.584. The van der Waals surface area contributed by atoms with Gasteiger partial charge in [0, 0.05) is 5.56 Å². The standard InChI is InChI=1S/C9H11BO5/c1-15-8-3-2-7(10(13)14)4-6(8)5-9(11)12/h2-4,13-14H,5H2,1H3,(H,11,12). The van der Waals surface area contributed by atoms with Crippen molar-refractivity contribution < 1.29 is 24.7 Å². The summed E-state index contributed by atoms with van der Waals surface area (Å²) in [6.07, 6.45) is -0.219. The first-order valence-electron chi connectivity index (χ1n) is 4.29. The van der Waals surface area contributed by atoms with Gasteiger partial charge in [-0.1, -0.05) is 12.1 Å². The minimum atomic E-state index is -1.61. The highest BCUT2D eigenvalue weighted by atomic mass is 16.5. The van der Waals surface area contributed by atoms with Gasteiger partial charge in [0.1, 0.15) is 5.75 Å². The number of carbonyl (C=O) groups is 1. The third-order valence-electron chi connectivity index (χ3n) is 1.94. The molecule has 0 aliphatic heterocycles. The van der Waals surface area contributed by atoms with Crippen LogP contribution in [-0.4, -0.2) is 35.4 Å². The van der Waals surface area contributed by atoms with Crippen LogP contribution in [0.3, 0.4) is 0 Å². The van der Waals surface area contributed by atoms with Crippen LogP contribution >= 0.6 is 0 Å².